The fraction of sp³-hybridized carbons (Fsp3) is 0.258. The number of aromatic nitrogens is 1. The Morgan fingerprint density at radius 3 is 2.62 bits per heavy atom. The van der Waals surface area contributed by atoms with Gasteiger partial charge in [-0.15, -0.1) is 0 Å². The zero-order chi connectivity index (χ0) is 27.6. The number of amidine groups is 1. The fourth-order valence-corrected chi connectivity index (χ4v) is 5.58. The number of hydrazone groups is 1. The molecule has 6 nitrogen and oxygen atoms in total. The Labute approximate surface area is 246 Å². The molecule has 4 aromatic rings. The SMILES string of the molecule is CCCCCCOc1ccc(/C=N/NC(=Nc2c(C)cc(Br)cc2Br)c2ccc3ccccc3n2)cc1OC. The van der Waals surface area contributed by atoms with Gasteiger partial charge < -0.3 is 9.47 Å². The quantitative estimate of drug-likeness (QED) is 0.0762. The van der Waals surface area contributed by atoms with Gasteiger partial charge in [-0.25, -0.2) is 9.98 Å². The second-order valence-corrected chi connectivity index (χ2v) is 10.9. The molecule has 0 aliphatic heterocycles. The van der Waals surface area contributed by atoms with Crippen LogP contribution in [-0.4, -0.2) is 30.8 Å². The van der Waals surface area contributed by atoms with Crippen molar-refractivity contribution in [2.75, 3.05) is 13.7 Å². The lowest BCUT2D eigenvalue weighted by Crippen LogP contribution is -2.20. The van der Waals surface area contributed by atoms with Gasteiger partial charge in [-0.2, -0.15) is 5.10 Å². The molecule has 0 bridgehead atoms. The Morgan fingerprint density at radius 2 is 1.82 bits per heavy atom. The normalized spacial score (nSPS) is 11.8. The number of hydrogen-bond acceptors (Lipinski definition) is 5. The van der Waals surface area contributed by atoms with E-state index in [4.69, 9.17) is 19.5 Å². The lowest BCUT2D eigenvalue weighted by molar-refractivity contribution is 0.285. The van der Waals surface area contributed by atoms with E-state index >= 15 is 0 Å². The van der Waals surface area contributed by atoms with E-state index in [-0.39, 0.29) is 0 Å². The molecule has 0 fully saturated rings. The highest BCUT2D eigenvalue weighted by atomic mass is 79.9. The van der Waals surface area contributed by atoms with Crippen molar-refractivity contribution < 1.29 is 9.47 Å². The molecular formula is C31H32Br2N4O2. The van der Waals surface area contributed by atoms with Gasteiger partial charge in [-0.05, 0) is 82.9 Å². The topological polar surface area (TPSA) is 68.1 Å². The van der Waals surface area contributed by atoms with Crippen LogP contribution >= 0.6 is 31.9 Å². The summed E-state index contributed by atoms with van der Waals surface area (Å²) in [7, 11) is 1.65. The smallest absolute Gasteiger partial charge is 0.173 e. The van der Waals surface area contributed by atoms with Crippen LogP contribution in [0.4, 0.5) is 5.69 Å². The van der Waals surface area contributed by atoms with E-state index < -0.39 is 0 Å². The number of fused-ring (bicyclic) bond motifs is 1. The van der Waals surface area contributed by atoms with E-state index in [0.717, 1.165) is 48.8 Å². The molecule has 1 heterocycles. The van der Waals surface area contributed by atoms with E-state index in [1.54, 1.807) is 13.3 Å². The molecule has 4 rings (SSSR count). The number of methoxy groups -OCH3 is 1. The number of ether oxygens (including phenoxy) is 2. The molecule has 0 radical (unpaired) electrons. The number of aryl methyl sites for hydroxylation is 1. The average molecular weight is 652 g/mol. The van der Waals surface area contributed by atoms with Gasteiger partial charge in [0.15, 0.2) is 17.3 Å². The number of nitrogens with zero attached hydrogens (tertiary/aromatic N) is 3. The molecule has 0 atom stereocenters. The Bertz CT molecular complexity index is 1460. The second-order valence-electron chi connectivity index (χ2n) is 9.09. The van der Waals surface area contributed by atoms with Crippen LogP contribution in [0.1, 0.15) is 49.4 Å². The average Bonchev–Trinajstić information content (AvgIpc) is 2.94. The maximum atomic E-state index is 5.94. The van der Waals surface area contributed by atoms with Crippen molar-refractivity contribution in [2.24, 2.45) is 10.1 Å². The summed E-state index contributed by atoms with van der Waals surface area (Å²) in [4.78, 5) is 9.76. The Hall–Kier alpha value is -3.23. The first-order valence-electron chi connectivity index (χ1n) is 13.0. The number of unbranched alkanes of at least 4 members (excludes halogenated alkanes) is 3. The highest BCUT2D eigenvalue weighted by Gasteiger charge is 2.11. The summed E-state index contributed by atoms with van der Waals surface area (Å²) in [6.07, 6.45) is 6.36. The molecule has 0 amide bonds. The van der Waals surface area contributed by atoms with Crippen LogP contribution in [-0.2, 0) is 0 Å². The number of benzene rings is 3. The first-order chi connectivity index (χ1) is 19.0. The summed E-state index contributed by atoms with van der Waals surface area (Å²) < 4.78 is 13.4. The highest BCUT2D eigenvalue weighted by Crippen LogP contribution is 2.33. The molecule has 39 heavy (non-hydrogen) atoms. The molecule has 202 valence electrons. The fourth-order valence-electron chi connectivity index (χ4n) is 4.05. The molecule has 8 heteroatoms. The van der Waals surface area contributed by atoms with Crippen molar-refractivity contribution >= 4 is 60.5 Å². The Kier molecular flexibility index (Phi) is 10.5. The number of nitrogens with one attached hydrogen (secondary N) is 1. The molecule has 0 saturated carbocycles. The molecule has 1 aromatic heterocycles. The van der Waals surface area contributed by atoms with Crippen molar-refractivity contribution in [1.29, 1.82) is 0 Å². The van der Waals surface area contributed by atoms with Crippen molar-refractivity contribution in [1.82, 2.24) is 10.4 Å². The third-order valence-corrected chi connectivity index (χ3v) is 7.17. The zero-order valence-corrected chi connectivity index (χ0v) is 25.5. The predicted molar refractivity (Wildman–Crippen MR) is 168 cm³/mol. The van der Waals surface area contributed by atoms with Crippen molar-refractivity contribution in [3.8, 4) is 11.5 Å². The minimum absolute atomic E-state index is 0.530. The molecule has 0 aliphatic carbocycles. The maximum absolute atomic E-state index is 5.94. The van der Waals surface area contributed by atoms with Crippen molar-refractivity contribution in [3.05, 3.63) is 92.5 Å². The molecule has 0 aliphatic rings. The third-order valence-electron chi connectivity index (χ3n) is 6.11. The number of hydrogen-bond donors (Lipinski definition) is 1. The summed E-state index contributed by atoms with van der Waals surface area (Å²) in [5.41, 5.74) is 7.37. The van der Waals surface area contributed by atoms with Gasteiger partial charge >= 0.3 is 0 Å². The van der Waals surface area contributed by atoms with Crippen LogP contribution in [0.3, 0.4) is 0 Å². The highest BCUT2D eigenvalue weighted by molar-refractivity contribution is 9.11. The van der Waals surface area contributed by atoms with Crippen molar-refractivity contribution in [3.63, 3.8) is 0 Å². The lowest BCUT2D eigenvalue weighted by Gasteiger charge is -2.11. The first kappa shape index (κ1) is 28.8. The van der Waals surface area contributed by atoms with Gasteiger partial charge in [0, 0.05) is 14.3 Å². The van der Waals surface area contributed by atoms with Crippen LogP contribution in [0.2, 0.25) is 0 Å². The largest absolute Gasteiger partial charge is 0.493 e. The summed E-state index contributed by atoms with van der Waals surface area (Å²) in [6.45, 7) is 4.89. The Balaban J connectivity index is 1.59. The van der Waals surface area contributed by atoms with Gasteiger partial charge in [0.2, 0.25) is 0 Å². The Morgan fingerprint density at radius 1 is 0.974 bits per heavy atom. The molecular weight excluding hydrogens is 620 g/mol. The zero-order valence-electron chi connectivity index (χ0n) is 22.4. The number of para-hydroxylation sites is 1. The van der Waals surface area contributed by atoms with E-state index in [9.17, 15) is 0 Å². The van der Waals surface area contributed by atoms with Gasteiger partial charge in [0.05, 0.1) is 31.1 Å². The van der Waals surface area contributed by atoms with E-state index in [1.165, 1.54) is 19.3 Å². The van der Waals surface area contributed by atoms with Crippen LogP contribution in [0.5, 0.6) is 11.5 Å². The summed E-state index contributed by atoms with van der Waals surface area (Å²) in [5, 5.41) is 5.57. The summed E-state index contributed by atoms with van der Waals surface area (Å²) in [6, 6.07) is 21.8. The molecule has 0 saturated heterocycles. The lowest BCUT2D eigenvalue weighted by atomic mass is 10.2. The molecule has 1 N–H and O–H groups in total. The number of pyridine rings is 1. The number of aliphatic imine (C=N–C) groups is 1. The van der Waals surface area contributed by atoms with E-state index in [1.807, 2.05) is 73.7 Å². The standard InChI is InChI=1S/C31H32Br2N4O2/c1-4-5-6-9-16-39-28-15-12-22(18-29(28)38-3)20-34-37-31(36-30-21(2)17-24(32)19-25(30)33)27-14-13-23-10-7-8-11-26(23)35-27/h7-8,10-15,17-20H,4-6,9,16H2,1-3H3,(H,36,37)/b34-20+. The van der Waals surface area contributed by atoms with Crippen molar-refractivity contribution in [2.45, 2.75) is 39.5 Å². The van der Waals surface area contributed by atoms with Gasteiger partial charge in [0.25, 0.3) is 0 Å². The molecule has 0 unspecified atom stereocenters. The predicted octanol–water partition coefficient (Wildman–Crippen LogP) is 8.74. The maximum Gasteiger partial charge on any atom is 0.173 e. The van der Waals surface area contributed by atoms with Gasteiger partial charge in [0.1, 0.15) is 5.69 Å². The van der Waals surface area contributed by atoms with Gasteiger partial charge in [-0.3, -0.25) is 5.43 Å². The molecule has 0 spiro atoms. The first-order valence-corrected chi connectivity index (χ1v) is 14.6. The van der Waals surface area contributed by atoms with Gasteiger partial charge in [-0.1, -0.05) is 66.4 Å². The number of halogens is 2. The molecule has 3 aromatic carbocycles. The summed E-state index contributed by atoms with van der Waals surface area (Å²) >= 11 is 7.19. The third kappa shape index (κ3) is 7.90. The van der Waals surface area contributed by atoms with Crippen LogP contribution in [0.25, 0.3) is 10.9 Å². The number of rotatable bonds is 11. The second kappa shape index (κ2) is 14.2. The summed E-state index contributed by atoms with van der Waals surface area (Å²) in [5.74, 6) is 1.94. The van der Waals surface area contributed by atoms with Crippen LogP contribution in [0.15, 0.2) is 85.8 Å². The van der Waals surface area contributed by atoms with E-state index in [0.29, 0.717) is 23.9 Å². The van der Waals surface area contributed by atoms with E-state index in [2.05, 4.69) is 49.3 Å². The minimum Gasteiger partial charge on any atom is -0.493 e. The monoisotopic (exact) mass is 650 g/mol. The van der Waals surface area contributed by atoms with Crippen LogP contribution < -0.4 is 14.9 Å². The van der Waals surface area contributed by atoms with Crippen LogP contribution in [0, 0.1) is 6.92 Å². The minimum atomic E-state index is 0.530.